The SMILES string of the molecule is Cc1cc(Cl)ccc1CSc1nn2nccc2c(=O)n1-c1c[nH]c(=O)cn1. The highest BCUT2D eigenvalue weighted by molar-refractivity contribution is 7.98. The van der Waals surface area contributed by atoms with Crippen molar-refractivity contribution < 1.29 is 0 Å². The molecule has 0 atom stereocenters. The van der Waals surface area contributed by atoms with Crippen LogP contribution in [-0.2, 0) is 5.75 Å². The van der Waals surface area contributed by atoms with Gasteiger partial charge in [0.2, 0.25) is 0 Å². The van der Waals surface area contributed by atoms with Gasteiger partial charge < -0.3 is 4.98 Å². The van der Waals surface area contributed by atoms with E-state index >= 15 is 0 Å². The highest BCUT2D eigenvalue weighted by Crippen LogP contribution is 2.25. The van der Waals surface area contributed by atoms with Crippen molar-refractivity contribution >= 4 is 28.9 Å². The summed E-state index contributed by atoms with van der Waals surface area (Å²) in [7, 11) is 0. The molecule has 0 bridgehead atoms. The number of fused-ring (bicyclic) bond motifs is 1. The first kappa shape index (κ1) is 17.5. The zero-order chi connectivity index (χ0) is 19.0. The average molecular weight is 401 g/mol. The van der Waals surface area contributed by atoms with E-state index in [9.17, 15) is 9.59 Å². The van der Waals surface area contributed by atoms with Gasteiger partial charge in [-0.05, 0) is 36.2 Å². The molecule has 1 aromatic carbocycles. The van der Waals surface area contributed by atoms with E-state index < -0.39 is 0 Å². The maximum absolute atomic E-state index is 12.9. The van der Waals surface area contributed by atoms with Gasteiger partial charge in [-0.2, -0.15) is 5.10 Å². The molecule has 8 nitrogen and oxygen atoms in total. The monoisotopic (exact) mass is 400 g/mol. The van der Waals surface area contributed by atoms with E-state index in [1.807, 2.05) is 25.1 Å². The number of hydrogen-bond acceptors (Lipinski definition) is 6. The molecule has 0 amide bonds. The van der Waals surface area contributed by atoms with Crippen LogP contribution in [0, 0.1) is 6.92 Å². The number of aromatic amines is 1. The number of nitrogens with zero attached hydrogens (tertiary/aromatic N) is 5. The van der Waals surface area contributed by atoms with Crippen LogP contribution < -0.4 is 11.1 Å². The number of rotatable bonds is 4. The quantitative estimate of drug-likeness (QED) is 0.527. The molecule has 0 fully saturated rings. The fourth-order valence-electron chi connectivity index (χ4n) is 2.58. The van der Waals surface area contributed by atoms with Gasteiger partial charge in [0.1, 0.15) is 0 Å². The van der Waals surface area contributed by atoms with Crippen molar-refractivity contribution in [3.63, 3.8) is 0 Å². The van der Waals surface area contributed by atoms with Gasteiger partial charge in [-0.1, -0.05) is 29.4 Å². The molecule has 10 heteroatoms. The van der Waals surface area contributed by atoms with Crippen molar-refractivity contribution in [2.75, 3.05) is 0 Å². The summed E-state index contributed by atoms with van der Waals surface area (Å²) < 4.78 is 2.66. The summed E-state index contributed by atoms with van der Waals surface area (Å²) >= 11 is 7.38. The van der Waals surface area contributed by atoms with Crippen molar-refractivity contribution in [3.05, 3.63) is 79.7 Å². The minimum absolute atomic E-state index is 0.283. The minimum Gasteiger partial charge on any atom is -0.324 e. The molecule has 27 heavy (non-hydrogen) atoms. The number of benzene rings is 1. The smallest absolute Gasteiger partial charge is 0.286 e. The predicted molar refractivity (Wildman–Crippen MR) is 103 cm³/mol. The Morgan fingerprint density at radius 1 is 1.26 bits per heavy atom. The Balaban J connectivity index is 1.81. The maximum Gasteiger partial charge on any atom is 0.286 e. The zero-order valence-corrected chi connectivity index (χ0v) is 15.7. The second kappa shape index (κ2) is 7.01. The van der Waals surface area contributed by atoms with Crippen molar-refractivity contribution in [2.24, 2.45) is 0 Å². The third-order valence-electron chi connectivity index (χ3n) is 3.97. The lowest BCUT2D eigenvalue weighted by molar-refractivity contribution is 0.651. The van der Waals surface area contributed by atoms with Gasteiger partial charge in [-0.15, -0.1) is 9.73 Å². The highest BCUT2D eigenvalue weighted by Gasteiger charge is 2.16. The standard InChI is InChI=1S/C17H13ClN6O2S/c1-10-6-12(18)3-2-11(10)9-27-17-22-24-13(4-5-21-24)16(26)23(17)14-7-20-15(25)8-19-14/h2-8H,9H2,1H3,(H,20,25). The Morgan fingerprint density at radius 2 is 2.11 bits per heavy atom. The van der Waals surface area contributed by atoms with Gasteiger partial charge in [0, 0.05) is 17.0 Å². The van der Waals surface area contributed by atoms with Gasteiger partial charge in [0.25, 0.3) is 11.1 Å². The van der Waals surface area contributed by atoms with Gasteiger partial charge in [-0.25, -0.2) is 9.55 Å². The van der Waals surface area contributed by atoms with E-state index in [-0.39, 0.29) is 16.9 Å². The summed E-state index contributed by atoms with van der Waals surface area (Å²) in [5.41, 5.74) is 1.76. The number of thioether (sulfide) groups is 1. The third-order valence-corrected chi connectivity index (χ3v) is 5.18. The lowest BCUT2D eigenvalue weighted by Crippen LogP contribution is -2.26. The van der Waals surface area contributed by atoms with Gasteiger partial charge in [-0.3, -0.25) is 9.59 Å². The highest BCUT2D eigenvalue weighted by atomic mass is 35.5. The van der Waals surface area contributed by atoms with Crippen LogP contribution in [0.15, 0.2) is 57.6 Å². The normalized spacial score (nSPS) is 11.2. The molecule has 3 aromatic heterocycles. The number of halogens is 1. The van der Waals surface area contributed by atoms with Crippen LogP contribution in [0.4, 0.5) is 0 Å². The Hall–Kier alpha value is -2.91. The fraction of sp³-hybridized carbons (Fsp3) is 0.118. The Labute approximate surface area is 161 Å². The fourth-order valence-corrected chi connectivity index (χ4v) is 3.85. The molecule has 0 radical (unpaired) electrons. The average Bonchev–Trinajstić information content (AvgIpc) is 3.11. The second-order valence-electron chi connectivity index (χ2n) is 5.76. The summed E-state index contributed by atoms with van der Waals surface area (Å²) in [4.78, 5) is 30.8. The Kier molecular flexibility index (Phi) is 4.54. The van der Waals surface area contributed by atoms with Crippen molar-refractivity contribution in [1.82, 2.24) is 29.4 Å². The number of H-pyrrole nitrogens is 1. The molecular weight excluding hydrogens is 388 g/mol. The number of hydrogen-bond donors (Lipinski definition) is 1. The summed E-state index contributed by atoms with van der Waals surface area (Å²) in [6.07, 6.45) is 4.02. The van der Waals surface area contributed by atoms with Crippen molar-refractivity contribution in [2.45, 2.75) is 17.8 Å². The molecule has 4 aromatic rings. The topological polar surface area (TPSA) is 97.9 Å². The third kappa shape index (κ3) is 3.38. The summed E-state index contributed by atoms with van der Waals surface area (Å²) in [5.74, 6) is 0.858. The molecule has 0 saturated carbocycles. The summed E-state index contributed by atoms with van der Waals surface area (Å²) in [6, 6.07) is 7.23. The summed E-state index contributed by atoms with van der Waals surface area (Å²) in [5, 5.41) is 9.57. The molecule has 3 heterocycles. The van der Waals surface area contributed by atoms with E-state index in [2.05, 4.69) is 20.2 Å². The molecule has 0 aliphatic heterocycles. The Bertz CT molecular complexity index is 1240. The molecule has 0 saturated heterocycles. The van der Waals surface area contributed by atoms with E-state index in [4.69, 9.17) is 11.6 Å². The maximum atomic E-state index is 12.9. The molecule has 0 aliphatic carbocycles. The molecule has 136 valence electrons. The van der Waals surface area contributed by atoms with E-state index in [1.54, 1.807) is 6.07 Å². The lowest BCUT2D eigenvalue weighted by atomic mass is 10.1. The van der Waals surface area contributed by atoms with Crippen LogP contribution >= 0.6 is 23.4 Å². The van der Waals surface area contributed by atoms with Crippen LogP contribution in [0.3, 0.4) is 0 Å². The van der Waals surface area contributed by atoms with E-state index in [0.717, 1.165) is 17.3 Å². The summed E-state index contributed by atoms with van der Waals surface area (Å²) in [6.45, 7) is 1.97. The first-order chi connectivity index (χ1) is 13.0. The van der Waals surface area contributed by atoms with Crippen molar-refractivity contribution in [1.29, 1.82) is 0 Å². The largest absolute Gasteiger partial charge is 0.324 e. The number of aromatic nitrogens is 6. The predicted octanol–water partition coefficient (Wildman–Crippen LogP) is 2.22. The first-order valence-corrected chi connectivity index (χ1v) is 9.29. The van der Waals surface area contributed by atoms with Crippen LogP contribution in [0.2, 0.25) is 5.02 Å². The molecule has 4 rings (SSSR count). The number of aryl methyl sites for hydroxylation is 1. The van der Waals surface area contributed by atoms with Crippen LogP contribution in [0.5, 0.6) is 0 Å². The number of nitrogens with one attached hydrogen (secondary N) is 1. The van der Waals surface area contributed by atoms with Gasteiger partial charge >= 0.3 is 0 Å². The second-order valence-corrected chi connectivity index (χ2v) is 7.14. The molecule has 0 unspecified atom stereocenters. The van der Waals surface area contributed by atoms with Crippen LogP contribution in [0.25, 0.3) is 11.3 Å². The Morgan fingerprint density at radius 3 is 2.85 bits per heavy atom. The lowest BCUT2D eigenvalue weighted by Gasteiger charge is -2.11. The minimum atomic E-state index is -0.351. The zero-order valence-electron chi connectivity index (χ0n) is 14.1. The van der Waals surface area contributed by atoms with Gasteiger partial charge in [0.05, 0.1) is 12.4 Å². The first-order valence-electron chi connectivity index (χ1n) is 7.93. The van der Waals surface area contributed by atoms with Crippen molar-refractivity contribution in [3.8, 4) is 5.82 Å². The van der Waals surface area contributed by atoms with Crippen LogP contribution in [-0.4, -0.2) is 29.4 Å². The molecule has 0 aliphatic rings. The van der Waals surface area contributed by atoms with Gasteiger partial charge in [0.15, 0.2) is 16.5 Å². The van der Waals surface area contributed by atoms with Crippen LogP contribution in [0.1, 0.15) is 11.1 Å². The molecule has 1 N–H and O–H groups in total. The molecule has 0 spiro atoms. The molecular formula is C17H13ClN6O2S. The van der Waals surface area contributed by atoms with E-state index in [0.29, 0.717) is 21.4 Å². The van der Waals surface area contributed by atoms with E-state index in [1.165, 1.54) is 33.4 Å².